The van der Waals surface area contributed by atoms with Crippen LogP contribution in [0.15, 0.2) is 24.3 Å². The highest BCUT2D eigenvalue weighted by molar-refractivity contribution is 5.28. The highest BCUT2D eigenvalue weighted by Crippen LogP contribution is 2.14. The van der Waals surface area contributed by atoms with Crippen LogP contribution in [0, 0.1) is 0 Å². The Kier molecular flexibility index (Phi) is 3.42. The molecule has 0 atom stereocenters. The average molecular weight is 231 g/mol. The summed E-state index contributed by atoms with van der Waals surface area (Å²) in [6.45, 7) is 4.17. The molecule has 1 N–H and O–H groups in total. The maximum absolute atomic E-state index is 5.12. The Balaban J connectivity index is 2.08. The first-order valence-electron chi connectivity index (χ1n) is 5.73. The summed E-state index contributed by atoms with van der Waals surface area (Å²) in [4.78, 5) is 4.45. The normalized spacial score (nSPS) is 10.8. The number of hydrogen-bond donors (Lipinski definition) is 1. The molecule has 4 nitrogen and oxygen atoms in total. The van der Waals surface area contributed by atoms with Crippen molar-refractivity contribution in [1.82, 2.24) is 15.2 Å². The smallest absolute Gasteiger partial charge is 0.153 e. The van der Waals surface area contributed by atoms with Gasteiger partial charge in [0.05, 0.1) is 7.11 Å². The largest absolute Gasteiger partial charge is 0.497 e. The van der Waals surface area contributed by atoms with Crippen LogP contribution in [0.1, 0.15) is 37.0 Å². The van der Waals surface area contributed by atoms with E-state index in [0.717, 1.165) is 23.8 Å². The van der Waals surface area contributed by atoms with Gasteiger partial charge in [-0.05, 0) is 17.7 Å². The minimum atomic E-state index is 0.357. The second-order valence-corrected chi connectivity index (χ2v) is 4.32. The van der Waals surface area contributed by atoms with Crippen LogP contribution in [-0.4, -0.2) is 22.3 Å². The Bertz CT molecular complexity index is 474. The minimum Gasteiger partial charge on any atom is -0.497 e. The molecule has 0 spiro atoms. The number of benzene rings is 1. The van der Waals surface area contributed by atoms with Gasteiger partial charge in [0, 0.05) is 12.3 Å². The van der Waals surface area contributed by atoms with Gasteiger partial charge in [0.15, 0.2) is 5.82 Å². The minimum absolute atomic E-state index is 0.357. The van der Waals surface area contributed by atoms with E-state index in [4.69, 9.17) is 4.74 Å². The molecule has 1 heterocycles. The summed E-state index contributed by atoms with van der Waals surface area (Å²) in [6.07, 6.45) is 0.768. The van der Waals surface area contributed by atoms with Crippen molar-refractivity contribution in [3.8, 4) is 5.75 Å². The molecular weight excluding hydrogens is 214 g/mol. The number of hydrogen-bond acceptors (Lipinski definition) is 3. The highest BCUT2D eigenvalue weighted by atomic mass is 16.5. The molecular formula is C13H17N3O. The molecule has 4 heteroatoms. The number of aromatic nitrogens is 3. The third-order valence-corrected chi connectivity index (χ3v) is 2.60. The molecule has 1 aromatic carbocycles. The Hall–Kier alpha value is -1.84. The summed E-state index contributed by atoms with van der Waals surface area (Å²) in [5.74, 6) is 3.00. The van der Waals surface area contributed by atoms with Crippen molar-refractivity contribution in [2.24, 2.45) is 0 Å². The standard InChI is InChI=1S/C13H17N3O/c1-9(2)13-14-12(15-16-13)8-10-4-6-11(17-3)7-5-10/h4-7,9H,8H2,1-3H3,(H,14,15,16). The molecule has 0 aliphatic carbocycles. The predicted molar refractivity (Wildman–Crippen MR) is 66.3 cm³/mol. The summed E-state index contributed by atoms with van der Waals surface area (Å²) in [5.41, 5.74) is 1.19. The third kappa shape index (κ3) is 2.84. The number of nitrogens with one attached hydrogen (secondary N) is 1. The van der Waals surface area contributed by atoms with Gasteiger partial charge in [0.25, 0.3) is 0 Å². The van der Waals surface area contributed by atoms with E-state index in [2.05, 4.69) is 29.0 Å². The van der Waals surface area contributed by atoms with Crippen molar-refractivity contribution < 1.29 is 4.74 Å². The highest BCUT2D eigenvalue weighted by Gasteiger charge is 2.07. The lowest BCUT2D eigenvalue weighted by atomic mass is 10.1. The fourth-order valence-electron chi connectivity index (χ4n) is 1.58. The molecule has 2 rings (SSSR count). The fourth-order valence-corrected chi connectivity index (χ4v) is 1.58. The van der Waals surface area contributed by atoms with E-state index >= 15 is 0 Å². The third-order valence-electron chi connectivity index (χ3n) is 2.60. The lowest BCUT2D eigenvalue weighted by Crippen LogP contribution is -1.93. The summed E-state index contributed by atoms with van der Waals surface area (Å²) in [7, 11) is 1.67. The number of H-pyrrole nitrogens is 1. The number of aromatic amines is 1. The van der Waals surface area contributed by atoms with Crippen molar-refractivity contribution in [1.29, 1.82) is 0 Å². The van der Waals surface area contributed by atoms with Gasteiger partial charge in [0.1, 0.15) is 11.6 Å². The predicted octanol–water partition coefficient (Wildman–Crippen LogP) is 2.53. The maximum Gasteiger partial charge on any atom is 0.153 e. The molecule has 1 aromatic heterocycles. The van der Waals surface area contributed by atoms with Crippen LogP contribution in [0.25, 0.3) is 0 Å². The lowest BCUT2D eigenvalue weighted by molar-refractivity contribution is 0.414. The Morgan fingerprint density at radius 1 is 1.24 bits per heavy atom. The van der Waals surface area contributed by atoms with E-state index in [1.54, 1.807) is 7.11 Å². The first kappa shape index (κ1) is 11.6. The molecule has 0 saturated carbocycles. The van der Waals surface area contributed by atoms with Crippen molar-refractivity contribution in [2.75, 3.05) is 7.11 Å². The van der Waals surface area contributed by atoms with Gasteiger partial charge in [-0.3, -0.25) is 5.10 Å². The van der Waals surface area contributed by atoms with E-state index in [9.17, 15) is 0 Å². The van der Waals surface area contributed by atoms with E-state index in [-0.39, 0.29) is 0 Å². The first-order chi connectivity index (χ1) is 8.19. The topological polar surface area (TPSA) is 50.8 Å². The lowest BCUT2D eigenvalue weighted by Gasteiger charge is -2.01. The van der Waals surface area contributed by atoms with Crippen LogP contribution in [0.5, 0.6) is 5.75 Å². The zero-order chi connectivity index (χ0) is 12.3. The summed E-state index contributed by atoms with van der Waals surface area (Å²) in [5, 5.41) is 7.16. The van der Waals surface area contributed by atoms with Gasteiger partial charge in [0.2, 0.25) is 0 Å². The molecule has 17 heavy (non-hydrogen) atoms. The average Bonchev–Trinajstić information content (AvgIpc) is 2.79. The quantitative estimate of drug-likeness (QED) is 0.879. The Labute approximate surface area is 101 Å². The molecule has 0 amide bonds. The van der Waals surface area contributed by atoms with Gasteiger partial charge in [-0.1, -0.05) is 26.0 Å². The molecule has 0 aliphatic heterocycles. The molecule has 0 aliphatic rings. The monoisotopic (exact) mass is 231 g/mol. The fraction of sp³-hybridized carbons (Fsp3) is 0.385. The maximum atomic E-state index is 5.12. The van der Waals surface area contributed by atoms with E-state index in [1.807, 2.05) is 24.3 Å². The molecule has 0 radical (unpaired) electrons. The molecule has 90 valence electrons. The SMILES string of the molecule is COc1ccc(Cc2nc(C(C)C)n[nH]2)cc1. The zero-order valence-corrected chi connectivity index (χ0v) is 10.4. The zero-order valence-electron chi connectivity index (χ0n) is 10.4. The number of ether oxygens (including phenoxy) is 1. The van der Waals surface area contributed by atoms with Crippen molar-refractivity contribution in [3.63, 3.8) is 0 Å². The molecule has 0 bridgehead atoms. The van der Waals surface area contributed by atoms with Gasteiger partial charge >= 0.3 is 0 Å². The Morgan fingerprint density at radius 3 is 2.47 bits per heavy atom. The first-order valence-corrected chi connectivity index (χ1v) is 5.73. The molecule has 2 aromatic rings. The van der Waals surface area contributed by atoms with Gasteiger partial charge in [-0.2, -0.15) is 5.10 Å². The molecule has 0 unspecified atom stereocenters. The van der Waals surface area contributed by atoms with Crippen molar-refractivity contribution >= 4 is 0 Å². The van der Waals surface area contributed by atoms with Crippen LogP contribution in [0.4, 0.5) is 0 Å². The van der Waals surface area contributed by atoms with Crippen LogP contribution in [-0.2, 0) is 6.42 Å². The second kappa shape index (κ2) is 4.99. The number of nitrogens with zero attached hydrogens (tertiary/aromatic N) is 2. The summed E-state index contributed by atoms with van der Waals surface area (Å²) in [6, 6.07) is 7.98. The van der Waals surface area contributed by atoms with Crippen LogP contribution >= 0.6 is 0 Å². The van der Waals surface area contributed by atoms with Gasteiger partial charge < -0.3 is 4.74 Å². The summed E-state index contributed by atoms with van der Waals surface area (Å²) >= 11 is 0. The van der Waals surface area contributed by atoms with E-state index in [0.29, 0.717) is 5.92 Å². The summed E-state index contributed by atoms with van der Waals surface area (Å²) < 4.78 is 5.12. The van der Waals surface area contributed by atoms with Crippen LogP contribution in [0.2, 0.25) is 0 Å². The number of rotatable bonds is 4. The van der Waals surface area contributed by atoms with Crippen molar-refractivity contribution in [3.05, 3.63) is 41.5 Å². The molecule has 0 fully saturated rings. The second-order valence-electron chi connectivity index (χ2n) is 4.32. The van der Waals surface area contributed by atoms with Gasteiger partial charge in [-0.15, -0.1) is 0 Å². The van der Waals surface area contributed by atoms with Gasteiger partial charge in [-0.25, -0.2) is 4.98 Å². The van der Waals surface area contributed by atoms with E-state index < -0.39 is 0 Å². The van der Waals surface area contributed by atoms with Crippen LogP contribution in [0.3, 0.4) is 0 Å². The molecule has 0 saturated heterocycles. The van der Waals surface area contributed by atoms with Crippen molar-refractivity contribution in [2.45, 2.75) is 26.2 Å². The number of methoxy groups -OCH3 is 1. The van der Waals surface area contributed by atoms with E-state index in [1.165, 1.54) is 5.56 Å². The Morgan fingerprint density at radius 2 is 1.94 bits per heavy atom. The van der Waals surface area contributed by atoms with Crippen LogP contribution < -0.4 is 4.74 Å².